The lowest BCUT2D eigenvalue weighted by Crippen LogP contribution is -2.39. The first kappa shape index (κ1) is 16.6. The lowest BCUT2D eigenvalue weighted by atomic mass is 9.95. The number of nitrogens with zero attached hydrogens (tertiary/aromatic N) is 4. The summed E-state index contributed by atoms with van der Waals surface area (Å²) >= 11 is 1.63. The Hall–Kier alpha value is -1.86. The highest BCUT2D eigenvalue weighted by Crippen LogP contribution is 2.29. The van der Waals surface area contributed by atoms with Crippen molar-refractivity contribution in [2.24, 2.45) is 0 Å². The summed E-state index contributed by atoms with van der Waals surface area (Å²) in [5, 5.41) is 12.1. The summed E-state index contributed by atoms with van der Waals surface area (Å²) < 4.78 is 2.27. The van der Waals surface area contributed by atoms with E-state index in [9.17, 15) is 4.79 Å². The highest BCUT2D eigenvalue weighted by Gasteiger charge is 2.29. The van der Waals surface area contributed by atoms with Gasteiger partial charge in [0.15, 0.2) is 0 Å². The van der Waals surface area contributed by atoms with Gasteiger partial charge in [-0.2, -0.15) is 0 Å². The topological polar surface area (TPSA) is 63.1 Å². The number of hydrogen-bond acceptors (Lipinski definition) is 5. The van der Waals surface area contributed by atoms with Gasteiger partial charge >= 0.3 is 0 Å². The number of benzene rings is 1. The fourth-order valence-corrected chi connectivity index (χ4v) is 4.34. The number of carbonyl (C=O) groups excluding carboxylic acids is 1. The number of rotatable bonds is 3. The molecule has 6 nitrogen and oxygen atoms in total. The summed E-state index contributed by atoms with van der Waals surface area (Å²) in [4.78, 5) is 15.9. The zero-order valence-electron chi connectivity index (χ0n) is 14.4. The Morgan fingerprint density at radius 3 is 2.80 bits per heavy atom. The molecule has 132 valence electrons. The van der Waals surface area contributed by atoms with Crippen LogP contribution in [0.5, 0.6) is 0 Å². The molecule has 1 N–H and O–H groups in total. The number of fused-ring (bicyclic) bond motifs is 1. The maximum absolute atomic E-state index is 12.9. The van der Waals surface area contributed by atoms with Crippen LogP contribution in [0.4, 0.5) is 0 Å². The second-order valence-corrected chi connectivity index (χ2v) is 7.42. The van der Waals surface area contributed by atoms with E-state index in [1.165, 1.54) is 0 Å². The first-order valence-corrected chi connectivity index (χ1v) is 10.1. The number of likely N-dealkylation sites (tertiary alicyclic amines) is 1. The molecule has 0 bridgehead atoms. The largest absolute Gasteiger partial charge is 0.339 e. The maximum atomic E-state index is 12.9. The molecule has 4 rings (SSSR count). The molecule has 0 spiro atoms. The van der Waals surface area contributed by atoms with Gasteiger partial charge in [0.2, 0.25) is 0 Å². The Kier molecular flexibility index (Phi) is 4.76. The molecule has 0 aliphatic carbocycles. The number of aromatic nitrogens is 3. The maximum Gasteiger partial charge on any atom is 0.254 e. The van der Waals surface area contributed by atoms with Gasteiger partial charge in [-0.05, 0) is 31.2 Å². The molecule has 0 radical (unpaired) electrons. The third-order valence-corrected chi connectivity index (χ3v) is 5.93. The van der Waals surface area contributed by atoms with E-state index in [1.54, 1.807) is 11.8 Å². The van der Waals surface area contributed by atoms with Crippen LogP contribution in [0.2, 0.25) is 0 Å². The molecular formula is C18H23N5OS. The summed E-state index contributed by atoms with van der Waals surface area (Å²) in [7, 11) is 0. The third kappa shape index (κ3) is 3.18. The fraction of sp³-hybridized carbons (Fsp3) is 0.500. The normalized spacial score (nSPS) is 18.2. The van der Waals surface area contributed by atoms with Crippen LogP contribution in [0.25, 0.3) is 0 Å². The minimum Gasteiger partial charge on any atom is -0.339 e. The van der Waals surface area contributed by atoms with Crippen molar-refractivity contribution < 1.29 is 4.79 Å². The van der Waals surface area contributed by atoms with Crippen LogP contribution in [0, 0.1) is 0 Å². The van der Waals surface area contributed by atoms with Crippen molar-refractivity contribution in [1.29, 1.82) is 0 Å². The molecule has 0 unspecified atom stereocenters. The SMILES string of the molecule is CSc1ccccc1C(=O)N1CCC(c2nnc3n2CCNC3)CC1. The number of amides is 1. The van der Waals surface area contributed by atoms with Gasteiger partial charge in [-0.3, -0.25) is 4.79 Å². The average molecular weight is 357 g/mol. The van der Waals surface area contributed by atoms with E-state index in [1.807, 2.05) is 35.4 Å². The van der Waals surface area contributed by atoms with Gasteiger partial charge in [-0.15, -0.1) is 22.0 Å². The molecule has 2 aromatic rings. The molecule has 1 fully saturated rings. The van der Waals surface area contributed by atoms with Crippen molar-refractivity contribution in [1.82, 2.24) is 25.0 Å². The molecule has 0 saturated carbocycles. The second kappa shape index (κ2) is 7.17. The number of carbonyl (C=O) groups is 1. The monoisotopic (exact) mass is 357 g/mol. The zero-order chi connectivity index (χ0) is 17.2. The Bertz CT molecular complexity index is 767. The molecule has 3 heterocycles. The van der Waals surface area contributed by atoms with Gasteiger partial charge in [-0.25, -0.2) is 0 Å². The van der Waals surface area contributed by atoms with Crippen LogP contribution in [0.3, 0.4) is 0 Å². The van der Waals surface area contributed by atoms with Gasteiger partial charge < -0.3 is 14.8 Å². The van der Waals surface area contributed by atoms with Crippen LogP contribution in [-0.2, 0) is 13.1 Å². The molecule has 1 aromatic heterocycles. The van der Waals surface area contributed by atoms with Gasteiger partial charge in [0.1, 0.15) is 11.6 Å². The third-order valence-electron chi connectivity index (χ3n) is 5.14. The zero-order valence-corrected chi connectivity index (χ0v) is 15.3. The second-order valence-electron chi connectivity index (χ2n) is 6.57. The van der Waals surface area contributed by atoms with Gasteiger partial charge in [-0.1, -0.05) is 12.1 Å². The van der Waals surface area contributed by atoms with E-state index in [0.717, 1.165) is 67.7 Å². The van der Waals surface area contributed by atoms with E-state index < -0.39 is 0 Å². The molecule has 0 atom stereocenters. The summed E-state index contributed by atoms with van der Waals surface area (Å²) in [6.07, 6.45) is 3.93. The van der Waals surface area contributed by atoms with Crippen molar-refractivity contribution in [3.05, 3.63) is 41.5 Å². The molecule has 1 aromatic carbocycles. The van der Waals surface area contributed by atoms with E-state index in [4.69, 9.17) is 0 Å². The van der Waals surface area contributed by atoms with Crippen molar-refractivity contribution in [3.63, 3.8) is 0 Å². The molecule has 1 amide bonds. The molecule has 1 saturated heterocycles. The van der Waals surface area contributed by atoms with Crippen molar-refractivity contribution in [3.8, 4) is 0 Å². The van der Waals surface area contributed by atoms with Gasteiger partial charge in [0, 0.05) is 37.0 Å². The minimum absolute atomic E-state index is 0.149. The predicted molar refractivity (Wildman–Crippen MR) is 97.8 cm³/mol. The predicted octanol–water partition coefficient (Wildman–Crippen LogP) is 2.12. The lowest BCUT2D eigenvalue weighted by Gasteiger charge is -2.32. The number of piperidine rings is 1. The Labute approximate surface area is 152 Å². The van der Waals surface area contributed by atoms with Gasteiger partial charge in [0.05, 0.1) is 12.1 Å². The summed E-state index contributed by atoms with van der Waals surface area (Å²) in [5.74, 6) is 2.69. The number of nitrogens with one attached hydrogen (secondary N) is 1. The van der Waals surface area contributed by atoms with Crippen LogP contribution in [-0.4, -0.2) is 51.5 Å². The van der Waals surface area contributed by atoms with Crippen molar-refractivity contribution in [2.45, 2.75) is 36.7 Å². The summed E-state index contributed by atoms with van der Waals surface area (Å²) in [6, 6.07) is 7.87. The summed E-state index contributed by atoms with van der Waals surface area (Å²) in [6.45, 7) is 4.29. The molecule has 7 heteroatoms. The Morgan fingerprint density at radius 1 is 1.20 bits per heavy atom. The van der Waals surface area contributed by atoms with E-state index >= 15 is 0 Å². The summed E-state index contributed by atoms with van der Waals surface area (Å²) in [5.41, 5.74) is 0.819. The van der Waals surface area contributed by atoms with Crippen molar-refractivity contribution in [2.75, 3.05) is 25.9 Å². The van der Waals surface area contributed by atoms with Gasteiger partial charge in [0.25, 0.3) is 5.91 Å². The quantitative estimate of drug-likeness (QED) is 0.853. The van der Waals surface area contributed by atoms with Crippen LogP contribution in [0.15, 0.2) is 29.2 Å². The standard InChI is InChI=1S/C18H23N5OS/c1-25-15-5-3-2-4-14(15)18(24)22-9-6-13(7-10-22)17-21-20-16-12-19-8-11-23(16)17/h2-5,13,19H,6-12H2,1H3. The first-order valence-electron chi connectivity index (χ1n) is 8.83. The molecular weight excluding hydrogens is 334 g/mol. The highest BCUT2D eigenvalue weighted by atomic mass is 32.2. The number of thioether (sulfide) groups is 1. The smallest absolute Gasteiger partial charge is 0.254 e. The van der Waals surface area contributed by atoms with E-state index in [-0.39, 0.29) is 5.91 Å². The van der Waals surface area contributed by atoms with E-state index in [0.29, 0.717) is 5.92 Å². The minimum atomic E-state index is 0.149. The van der Waals surface area contributed by atoms with Crippen LogP contribution >= 0.6 is 11.8 Å². The Morgan fingerprint density at radius 2 is 2.00 bits per heavy atom. The average Bonchev–Trinajstić information content (AvgIpc) is 3.11. The van der Waals surface area contributed by atoms with Crippen LogP contribution < -0.4 is 5.32 Å². The molecule has 25 heavy (non-hydrogen) atoms. The fourth-order valence-electron chi connectivity index (χ4n) is 3.75. The molecule has 2 aliphatic heterocycles. The molecule has 2 aliphatic rings. The van der Waals surface area contributed by atoms with E-state index in [2.05, 4.69) is 20.1 Å². The highest BCUT2D eigenvalue weighted by molar-refractivity contribution is 7.98. The van der Waals surface area contributed by atoms with Crippen LogP contribution in [0.1, 0.15) is 40.8 Å². The Balaban J connectivity index is 1.45. The van der Waals surface area contributed by atoms with Crippen molar-refractivity contribution >= 4 is 17.7 Å². The number of hydrogen-bond donors (Lipinski definition) is 1. The first-order chi connectivity index (χ1) is 12.3. The lowest BCUT2D eigenvalue weighted by molar-refractivity contribution is 0.0706.